The summed E-state index contributed by atoms with van der Waals surface area (Å²) in [5, 5.41) is 3.23. The molecule has 0 bridgehead atoms. The van der Waals surface area contributed by atoms with E-state index in [4.69, 9.17) is 9.47 Å². The highest BCUT2D eigenvalue weighted by Gasteiger charge is 2.21. The standard InChI is InChI=1S/C12H24N2O3/c1-3-16-8-4-5-13-11(2)12(15)14-6-9-17-10-7-14/h11,13H,3-10H2,1-2H3. The van der Waals surface area contributed by atoms with Crippen molar-refractivity contribution in [2.75, 3.05) is 46.1 Å². The SMILES string of the molecule is CCOCCCNC(C)C(=O)N1CCOCC1. The van der Waals surface area contributed by atoms with Crippen LogP contribution in [0.5, 0.6) is 0 Å². The number of hydrogen-bond acceptors (Lipinski definition) is 4. The first-order valence-electron chi connectivity index (χ1n) is 6.43. The molecule has 0 aliphatic carbocycles. The minimum Gasteiger partial charge on any atom is -0.382 e. The Morgan fingerprint density at radius 2 is 2.18 bits per heavy atom. The molecular weight excluding hydrogens is 220 g/mol. The van der Waals surface area contributed by atoms with E-state index in [1.165, 1.54) is 0 Å². The maximum absolute atomic E-state index is 12.0. The highest BCUT2D eigenvalue weighted by molar-refractivity contribution is 5.81. The van der Waals surface area contributed by atoms with Gasteiger partial charge in [0.05, 0.1) is 19.3 Å². The maximum atomic E-state index is 12.0. The molecule has 0 spiro atoms. The molecule has 5 heteroatoms. The van der Waals surface area contributed by atoms with Crippen molar-refractivity contribution >= 4 is 5.91 Å². The molecule has 1 aliphatic rings. The predicted octanol–water partition coefficient (Wildman–Crippen LogP) is 0.250. The van der Waals surface area contributed by atoms with Gasteiger partial charge in [0, 0.05) is 26.3 Å². The average Bonchev–Trinajstić information content (AvgIpc) is 2.38. The summed E-state index contributed by atoms with van der Waals surface area (Å²) in [6.07, 6.45) is 0.939. The summed E-state index contributed by atoms with van der Waals surface area (Å²) in [5.41, 5.74) is 0. The van der Waals surface area contributed by atoms with Gasteiger partial charge < -0.3 is 19.7 Å². The Bertz CT molecular complexity index is 218. The van der Waals surface area contributed by atoms with Gasteiger partial charge in [0.15, 0.2) is 0 Å². The van der Waals surface area contributed by atoms with Crippen LogP contribution in [0.1, 0.15) is 20.3 Å². The van der Waals surface area contributed by atoms with E-state index in [2.05, 4.69) is 5.32 Å². The van der Waals surface area contributed by atoms with E-state index < -0.39 is 0 Å². The molecule has 0 aromatic carbocycles. The Labute approximate surface area is 103 Å². The van der Waals surface area contributed by atoms with Gasteiger partial charge in [-0.25, -0.2) is 0 Å². The van der Waals surface area contributed by atoms with E-state index in [1.54, 1.807) is 0 Å². The largest absolute Gasteiger partial charge is 0.382 e. The van der Waals surface area contributed by atoms with E-state index in [0.29, 0.717) is 26.3 Å². The first kappa shape index (κ1) is 14.4. The Morgan fingerprint density at radius 3 is 2.82 bits per heavy atom. The smallest absolute Gasteiger partial charge is 0.239 e. The lowest BCUT2D eigenvalue weighted by molar-refractivity contribution is -0.137. The molecule has 1 amide bonds. The molecule has 1 saturated heterocycles. The van der Waals surface area contributed by atoms with Gasteiger partial charge in [0.2, 0.25) is 5.91 Å². The van der Waals surface area contributed by atoms with Gasteiger partial charge in [-0.1, -0.05) is 0 Å². The molecule has 17 heavy (non-hydrogen) atoms. The summed E-state index contributed by atoms with van der Waals surface area (Å²) in [4.78, 5) is 13.9. The fourth-order valence-corrected chi connectivity index (χ4v) is 1.78. The predicted molar refractivity (Wildman–Crippen MR) is 66.0 cm³/mol. The summed E-state index contributed by atoms with van der Waals surface area (Å²) in [6, 6.07) is -0.116. The van der Waals surface area contributed by atoms with Gasteiger partial charge in [-0.3, -0.25) is 4.79 Å². The van der Waals surface area contributed by atoms with Crippen molar-refractivity contribution in [1.29, 1.82) is 0 Å². The zero-order chi connectivity index (χ0) is 12.5. The van der Waals surface area contributed by atoms with E-state index >= 15 is 0 Å². The average molecular weight is 244 g/mol. The van der Waals surface area contributed by atoms with Gasteiger partial charge in [0.25, 0.3) is 0 Å². The van der Waals surface area contributed by atoms with Gasteiger partial charge >= 0.3 is 0 Å². The Balaban J connectivity index is 2.12. The lowest BCUT2D eigenvalue weighted by atomic mass is 10.2. The fourth-order valence-electron chi connectivity index (χ4n) is 1.78. The molecule has 0 radical (unpaired) electrons. The van der Waals surface area contributed by atoms with E-state index in [0.717, 1.165) is 26.2 Å². The van der Waals surface area contributed by atoms with Crippen LogP contribution in [0.25, 0.3) is 0 Å². The topological polar surface area (TPSA) is 50.8 Å². The molecule has 0 aromatic rings. The van der Waals surface area contributed by atoms with Gasteiger partial charge in [-0.15, -0.1) is 0 Å². The molecule has 1 rings (SSSR count). The molecular formula is C12H24N2O3. The molecule has 1 N–H and O–H groups in total. The van der Waals surface area contributed by atoms with Crippen LogP contribution in [0, 0.1) is 0 Å². The summed E-state index contributed by atoms with van der Waals surface area (Å²) in [6.45, 7) is 8.96. The van der Waals surface area contributed by atoms with Crippen molar-refractivity contribution in [2.24, 2.45) is 0 Å². The zero-order valence-corrected chi connectivity index (χ0v) is 10.9. The molecule has 0 saturated carbocycles. The van der Waals surface area contributed by atoms with Crippen LogP contribution in [0.4, 0.5) is 0 Å². The zero-order valence-electron chi connectivity index (χ0n) is 10.9. The summed E-state index contributed by atoms with van der Waals surface area (Å²) in [7, 11) is 0. The molecule has 0 aromatic heterocycles. The van der Waals surface area contributed by atoms with Crippen LogP contribution in [0.15, 0.2) is 0 Å². The van der Waals surface area contributed by atoms with Crippen molar-refractivity contribution in [3.63, 3.8) is 0 Å². The molecule has 1 heterocycles. The van der Waals surface area contributed by atoms with Gasteiger partial charge in [-0.2, -0.15) is 0 Å². The minimum absolute atomic E-state index is 0.116. The number of nitrogens with zero attached hydrogens (tertiary/aromatic N) is 1. The van der Waals surface area contributed by atoms with Crippen molar-refractivity contribution in [3.05, 3.63) is 0 Å². The van der Waals surface area contributed by atoms with Crippen LogP contribution < -0.4 is 5.32 Å². The van der Waals surface area contributed by atoms with Crippen molar-refractivity contribution in [2.45, 2.75) is 26.3 Å². The maximum Gasteiger partial charge on any atom is 0.239 e. The third-order valence-corrected chi connectivity index (χ3v) is 2.81. The lowest BCUT2D eigenvalue weighted by Gasteiger charge is -2.29. The van der Waals surface area contributed by atoms with Crippen molar-refractivity contribution in [1.82, 2.24) is 10.2 Å². The fraction of sp³-hybridized carbons (Fsp3) is 0.917. The first-order valence-corrected chi connectivity index (χ1v) is 6.43. The minimum atomic E-state index is -0.116. The van der Waals surface area contributed by atoms with Crippen LogP contribution >= 0.6 is 0 Å². The van der Waals surface area contributed by atoms with Crippen LogP contribution in [0.3, 0.4) is 0 Å². The monoisotopic (exact) mass is 244 g/mol. The summed E-state index contributed by atoms with van der Waals surface area (Å²) in [5.74, 6) is 0.171. The number of nitrogens with one attached hydrogen (secondary N) is 1. The number of hydrogen-bond donors (Lipinski definition) is 1. The van der Waals surface area contributed by atoms with Crippen LogP contribution in [0.2, 0.25) is 0 Å². The van der Waals surface area contributed by atoms with Crippen molar-refractivity contribution < 1.29 is 14.3 Å². The summed E-state index contributed by atoms with van der Waals surface area (Å²) >= 11 is 0. The van der Waals surface area contributed by atoms with E-state index in [9.17, 15) is 4.79 Å². The second kappa shape index (κ2) is 8.44. The van der Waals surface area contributed by atoms with E-state index in [-0.39, 0.29) is 11.9 Å². The lowest BCUT2D eigenvalue weighted by Crippen LogP contribution is -2.49. The Kier molecular flexibility index (Phi) is 7.16. The number of amides is 1. The highest BCUT2D eigenvalue weighted by atomic mass is 16.5. The molecule has 1 unspecified atom stereocenters. The Hall–Kier alpha value is -0.650. The number of morpholine rings is 1. The highest BCUT2D eigenvalue weighted by Crippen LogP contribution is 2.00. The third-order valence-electron chi connectivity index (χ3n) is 2.81. The third kappa shape index (κ3) is 5.48. The number of carbonyl (C=O) groups is 1. The van der Waals surface area contributed by atoms with Crippen molar-refractivity contribution in [3.8, 4) is 0 Å². The molecule has 1 aliphatic heterocycles. The first-order chi connectivity index (χ1) is 8.25. The van der Waals surface area contributed by atoms with Gasteiger partial charge in [0.1, 0.15) is 0 Å². The molecule has 1 fully saturated rings. The second-order valence-electron chi connectivity index (χ2n) is 4.16. The number of carbonyl (C=O) groups excluding carboxylic acids is 1. The Morgan fingerprint density at radius 1 is 1.47 bits per heavy atom. The molecule has 5 nitrogen and oxygen atoms in total. The van der Waals surface area contributed by atoms with E-state index in [1.807, 2.05) is 18.7 Å². The van der Waals surface area contributed by atoms with Crippen LogP contribution in [-0.4, -0.2) is 62.9 Å². The summed E-state index contributed by atoms with van der Waals surface area (Å²) < 4.78 is 10.5. The second-order valence-corrected chi connectivity index (χ2v) is 4.16. The quantitative estimate of drug-likeness (QED) is 0.652. The number of rotatable bonds is 7. The molecule has 1 atom stereocenters. The van der Waals surface area contributed by atoms with Crippen LogP contribution in [-0.2, 0) is 14.3 Å². The normalized spacial score (nSPS) is 18.1. The number of ether oxygens (including phenoxy) is 2. The van der Waals surface area contributed by atoms with Gasteiger partial charge in [-0.05, 0) is 26.8 Å². The molecule has 100 valence electrons.